The first kappa shape index (κ1) is 22.4. The van der Waals surface area contributed by atoms with E-state index in [1.54, 1.807) is 0 Å². The highest BCUT2D eigenvalue weighted by Crippen LogP contribution is 2.10. The van der Waals surface area contributed by atoms with Gasteiger partial charge in [0, 0.05) is 39.8 Å². The molecule has 0 aliphatic carbocycles. The van der Waals surface area contributed by atoms with E-state index in [1.807, 2.05) is 18.2 Å². The molecule has 0 spiro atoms. The molecule has 1 unspecified atom stereocenters. The van der Waals surface area contributed by atoms with Gasteiger partial charge < -0.3 is 25.8 Å². The second kappa shape index (κ2) is 12.7. The lowest BCUT2D eigenvalue weighted by Gasteiger charge is -2.24. The van der Waals surface area contributed by atoms with Gasteiger partial charge in [0.25, 0.3) is 6.47 Å². The van der Waals surface area contributed by atoms with Gasteiger partial charge in [0.1, 0.15) is 6.54 Å². The SMILES string of the molecule is CN(CC(=O)NCC1CN(Cc2ccccc2)CCCO1)C(N)=O.O=CO. The second-order valence-corrected chi connectivity index (χ2v) is 6.17. The van der Waals surface area contributed by atoms with Gasteiger partial charge in [-0.1, -0.05) is 30.3 Å². The molecule has 1 aromatic rings. The van der Waals surface area contributed by atoms with Crippen LogP contribution in [0.15, 0.2) is 30.3 Å². The number of nitrogens with two attached hydrogens (primary N) is 1. The summed E-state index contributed by atoms with van der Waals surface area (Å²) in [7, 11) is 1.49. The number of nitrogens with zero attached hydrogens (tertiary/aromatic N) is 2. The summed E-state index contributed by atoms with van der Waals surface area (Å²) in [6.07, 6.45) is 0.917. The first-order valence-corrected chi connectivity index (χ1v) is 8.69. The van der Waals surface area contributed by atoms with E-state index in [-0.39, 0.29) is 25.0 Å². The van der Waals surface area contributed by atoms with Gasteiger partial charge in [0.15, 0.2) is 0 Å². The predicted molar refractivity (Wildman–Crippen MR) is 100.0 cm³/mol. The van der Waals surface area contributed by atoms with E-state index in [0.717, 1.165) is 26.1 Å². The van der Waals surface area contributed by atoms with E-state index in [2.05, 4.69) is 22.3 Å². The van der Waals surface area contributed by atoms with E-state index in [9.17, 15) is 9.59 Å². The highest BCUT2D eigenvalue weighted by Gasteiger charge is 2.20. The van der Waals surface area contributed by atoms with Gasteiger partial charge in [0.2, 0.25) is 5.91 Å². The lowest BCUT2D eigenvalue weighted by molar-refractivity contribution is -0.123. The number of carbonyl (C=O) groups excluding carboxylic acids is 2. The van der Waals surface area contributed by atoms with Crippen molar-refractivity contribution in [1.29, 1.82) is 0 Å². The maximum Gasteiger partial charge on any atom is 0.314 e. The molecule has 1 aliphatic rings. The van der Waals surface area contributed by atoms with Gasteiger partial charge >= 0.3 is 6.03 Å². The van der Waals surface area contributed by atoms with E-state index in [0.29, 0.717) is 13.2 Å². The van der Waals surface area contributed by atoms with Crippen molar-refractivity contribution in [3.8, 4) is 0 Å². The molecule has 27 heavy (non-hydrogen) atoms. The largest absolute Gasteiger partial charge is 0.483 e. The fraction of sp³-hybridized carbons (Fsp3) is 0.500. The molecule has 1 atom stereocenters. The summed E-state index contributed by atoms with van der Waals surface area (Å²) in [5, 5.41) is 9.70. The summed E-state index contributed by atoms with van der Waals surface area (Å²) in [6.45, 7) is 3.43. The van der Waals surface area contributed by atoms with Gasteiger partial charge in [-0.25, -0.2) is 4.79 Å². The maximum atomic E-state index is 11.8. The molecule has 2 rings (SSSR count). The third kappa shape index (κ3) is 9.57. The number of carboxylic acid groups (broad SMARTS) is 1. The maximum absolute atomic E-state index is 11.8. The number of benzene rings is 1. The number of rotatable bonds is 6. The summed E-state index contributed by atoms with van der Waals surface area (Å²) in [5.41, 5.74) is 6.38. The van der Waals surface area contributed by atoms with Gasteiger partial charge in [-0.2, -0.15) is 0 Å². The second-order valence-electron chi connectivity index (χ2n) is 6.17. The van der Waals surface area contributed by atoms with Crippen LogP contribution in [0.3, 0.4) is 0 Å². The minimum absolute atomic E-state index is 0.0459. The molecular weight excluding hydrogens is 352 g/mol. The van der Waals surface area contributed by atoms with Crippen molar-refractivity contribution in [2.24, 2.45) is 5.73 Å². The summed E-state index contributed by atoms with van der Waals surface area (Å²) in [4.78, 5) is 34.6. The molecule has 9 heteroatoms. The molecule has 4 N–H and O–H groups in total. The van der Waals surface area contributed by atoms with Crippen LogP contribution in [0.1, 0.15) is 12.0 Å². The first-order valence-electron chi connectivity index (χ1n) is 8.69. The average Bonchev–Trinajstić information content (AvgIpc) is 2.86. The van der Waals surface area contributed by atoms with Crippen molar-refractivity contribution in [3.05, 3.63) is 35.9 Å². The molecule has 1 heterocycles. The lowest BCUT2D eigenvalue weighted by atomic mass is 10.2. The normalized spacial score (nSPS) is 17.0. The zero-order chi connectivity index (χ0) is 20.1. The van der Waals surface area contributed by atoms with Gasteiger partial charge in [0.05, 0.1) is 6.10 Å². The highest BCUT2D eigenvalue weighted by atomic mass is 16.5. The van der Waals surface area contributed by atoms with Gasteiger partial charge in [-0.3, -0.25) is 14.5 Å². The third-order valence-corrected chi connectivity index (χ3v) is 3.97. The van der Waals surface area contributed by atoms with Crippen LogP contribution in [0.2, 0.25) is 0 Å². The van der Waals surface area contributed by atoms with E-state index < -0.39 is 6.03 Å². The van der Waals surface area contributed by atoms with Crippen LogP contribution in [-0.2, 0) is 20.9 Å². The van der Waals surface area contributed by atoms with Gasteiger partial charge in [-0.15, -0.1) is 0 Å². The zero-order valence-corrected chi connectivity index (χ0v) is 15.5. The molecule has 0 saturated carbocycles. The molecule has 0 aromatic heterocycles. The Morgan fingerprint density at radius 2 is 2.07 bits per heavy atom. The molecule has 1 saturated heterocycles. The van der Waals surface area contributed by atoms with Gasteiger partial charge in [-0.05, 0) is 12.0 Å². The lowest BCUT2D eigenvalue weighted by Crippen LogP contribution is -2.45. The van der Waals surface area contributed by atoms with Crippen LogP contribution >= 0.6 is 0 Å². The van der Waals surface area contributed by atoms with Crippen LogP contribution in [0.4, 0.5) is 4.79 Å². The standard InChI is InChI=1S/C17H26N4O3.CH2O2/c1-20(17(18)23)13-16(22)19-10-15-12-21(8-5-9-24-15)11-14-6-3-2-4-7-14;2-1-3/h2-4,6-7,15H,5,8-13H2,1H3,(H2,18,23)(H,19,22);1H,(H,2,3). The van der Waals surface area contributed by atoms with Crippen molar-refractivity contribution in [2.45, 2.75) is 19.1 Å². The average molecular weight is 380 g/mol. The number of likely N-dealkylation sites (N-methyl/N-ethyl adjacent to an activating group) is 1. The zero-order valence-electron chi connectivity index (χ0n) is 15.5. The Bertz CT molecular complexity index is 584. The summed E-state index contributed by atoms with van der Waals surface area (Å²) >= 11 is 0. The van der Waals surface area contributed by atoms with Crippen molar-refractivity contribution < 1.29 is 24.2 Å². The van der Waals surface area contributed by atoms with E-state index >= 15 is 0 Å². The number of hydrogen-bond donors (Lipinski definition) is 3. The molecule has 1 fully saturated rings. The quantitative estimate of drug-likeness (QED) is 0.601. The fourth-order valence-corrected chi connectivity index (χ4v) is 2.66. The van der Waals surface area contributed by atoms with Crippen LogP contribution in [0, 0.1) is 0 Å². The van der Waals surface area contributed by atoms with Crippen molar-refractivity contribution >= 4 is 18.4 Å². The molecule has 150 valence electrons. The number of amides is 3. The van der Waals surface area contributed by atoms with Crippen LogP contribution in [0.5, 0.6) is 0 Å². The molecule has 0 radical (unpaired) electrons. The molecule has 1 aliphatic heterocycles. The number of hydrogen-bond acceptors (Lipinski definition) is 5. The summed E-state index contributed by atoms with van der Waals surface area (Å²) in [6, 6.07) is 9.69. The Balaban J connectivity index is 0.00000114. The van der Waals surface area contributed by atoms with Crippen molar-refractivity contribution in [3.63, 3.8) is 0 Å². The topological polar surface area (TPSA) is 125 Å². The number of nitrogens with one attached hydrogen (secondary N) is 1. The number of urea groups is 1. The first-order chi connectivity index (χ1) is 13.0. The fourth-order valence-electron chi connectivity index (χ4n) is 2.66. The third-order valence-electron chi connectivity index (χ3n) is 3.97. The molecule has 1 aromatic carbocycles. The number of ether oxygens (including phenoxy) is 1. The minimum Gasteiger partial charge on any atom is -0.483 e. The number of carbonyl (C=O) groups is 3. The summed E-state index contributed by atoms with van der Waals surface area (Å²) in [5.74, 6) is -0.237. The Kier molecular flexibility index (Phi) is 10.5. The predicted octanol–water partition coefficient (Wildman–Crippen LogP) is 0.105. The number of primary amides is 1. The molecule has 9 nitrogen and oxygen atoms in total. The molecular formula is C18H28N4O5. The Morgan fingerprint density at radius 3 is 2.70 bits per heavy atom. The van der Waals surface area contributed by atoms with Crippen molar-refractivity contribution in [1.82, 2.24) is 15.1 Å². The summed E-state index contributed by atoms with van der Waals surface area (Å²) < 4.78 is 5.81. The monoisotopic (exact) mass is 380 g/mol. The van der Waals surface area contributed by atoms with Crippen LogP contribution in [-0.4, -0.2) is 79.3 Å². The highest BCUT2D eigenvalue weighted by molar-refractivity contribution is 5.83. The Morgan fingerprint density at radius 1 is 1.41 bits per heavy atom. The van der Waals surface area contributed by atoms with E-state index in [1.165, 1.54) is 17.5 Å². The Labute approximate surface area is 159 Å². The van der Waals surface area contributed by atoms with E-state index in [4.69, 9.17) is 20.4 Å². The van der Waals surface area contributed by atoms with Crippen LogP contribution in [0.25, 0.3) is 0 Å². The molecule has 0 bridgehead atoms. The molecule has 3 amide bonds. The smallest absolute Gasteiger partial charge is 0.314 e. The Hall–Kier alpha value is -2.65. The minimum atomic E-state index is -0.620. The van der Waals surface area contributed by atoms with Crippen molar-refractivity contribution in [2.75, 3.05) is 39.8 Å². The van der Waals surface area contributed by atoms with Crippen LogP contribution < -0.4 is 11.1 Å².